The molecule has 90 valence electrons. The summed E-state index contributed by atoms with van der Waals surface area (Å²) in [5, 5.41) is 3.19. The maximum Gasteiger partial charge on any atom is 0.126 e. The standard InChI is InChI=1S/C12H18F2N2/c1-12(2,8-15)16-6-5-9-7-10(13)3-4-11(9)14/h3-4,7,16H,5-6,8,15H2,1-2H3. The Balaban J connectivity index is 2.52. The van der Waals surface area contributed by atoms with E-state index in [2.05, 4.69) is 5.32 Å². The highest BCUT2D eigenvalue weighted by Crippen LogP contribution is 2.10. The molecule has 0 bridgehead atoms. The lowest BCUT2D eigenvalue weighted by Crippen LogP contribution is -2.46. The van der Waals surface area contributed by atoms with Crippen molar-refractivity contribution in [1.82, 2.24) is 5.32 Å². The van der Waals surface area contributed by atoms with E-state index >= 15 is 0 Å². The molecular formula is C12H18F2N2. The fraction of sp³-hybridized carbons (Fsp3) is 0.500. The smallest absolute Gasteiger partial charge is 0.126 e. The molecule has 0 heterocycles. The van der Waals surface area contributed by atoms with Crippen LogP contribution < -0.4 is 11.1 Å². The van der Waals surface area contributed by atoms with Gasteiger partial charge < -0.3 is 11.1 Å². The van der Waals surface area contributed by atoms with Crippen LogP contribution in [0.4, 0.5) is 8.78 Å². The molecule has 0 saturated carbocycles. The van der Waals surface area contributed by atoms with E-state index < -0.39 is 5.82 Å². The lowest BCUT2D eigenvalue weighted by molar-refractivity contribution is 0.400. The summed E-state index contributed by atoms with van der Waals surface area (Å²) in [6, 6.07) is 3.50. The zero-order valence-corrected chi connectivity index (χ0v) is 9.69. The Bertz CT molecular complexity index is 351. The molecule has 1 rings (SSSR count). The Morgan fingerprint density at radius 2 is 2.00 bits per heavy atom. The first-order valence-corrected chi connectivity index (χ1v) is 5.33. The molecule has 3 N–H and O–H groups in total. The minimum atomic E-state index is -0.408. The monoisotopic (exact) mass is 228 g/mol. The van der Waals surface area contributed by atoms with Crippen molar-refractivity contribution in [1.29, 1.82) is 0 Å². The maximum absolute atomic E-state index is 13.3. The maximum atomic E-state index is 13.3. The SMILES string of the molecule is CC(C)(CN)NCCc1cc(F)ccc1F. The third kappa shape index (κ3) is 3.87. The van der Waals surface area contributed by atoms with Crippen molar-refractivity contribution in [3.05, 3.63) is 35.4 Å². The van der Waals surface area contributed by atoms with Gasteiger partial charge >= 0.3 is 0 Å². The zero-order valence-electron chi connectivity index (χ0n) is 9.69. The van der Waals surface area contributed by atoms with E-state index in [4.69, 9.17) is 5.73 Å². The second-order valence-electron chi connectivity index (χ2n) is 4.50. The molecule has 0 fully saturated rings. The van der Waals surface area contributed by atoms with Crippen LogP contribution in [0.25, 0.3) is 0 Å². The molecule has 0 amide bonds. The van der Waals surface area contributed by atoms with Gasteiger partial charge in [0.05, 0.1) is 0 Å². The van der Waals surface area contributed by atoms with Crippen LogP contribution in [0.15, 0.2) is 18.2 Å². The van der Waals surface area contributed by atoms with Crippen molar-refractivity contribution in [3.63, 3.8) is 0 Å². The van der Waals surface area contributed by atoms with Gasteiger partial charge in [0.1, 0.15) is 11.6 Å². The van der Waals surface area contributed by atoms with Gasteiger partial charge in [-0.25, -0.2) is 8.78 Å². The molecular weight excluding hydrogens is 210 g/mol. The molecule has 0 unspecified atom stereocenters. The number of hydrogen-bond donors (Lipinski definition) is 2. The van der Waals surface area contributed by atoms with E-state index in [0.29, 0.717) is 25.1 Å². The molecule has 0 aliphatic rings. The third-order valence-electron chi connectivity index (χ3n) is 2.52. The largest absolute Gasteiger partial charge is 0.329 e. The first kappa shape index (κ1) is 13.1. The number of rotatable bonds is 5. The van der Waals surface area contributed by atoms with E-state index in [-0.39, 0.29) is 11.4 Å². The Kier molecular flexibility index (Phi) is 4.38. The predicted molar refractivity (Wildman–Crippen MR) is 61.2 cm³/mol. The molecule has 16 heavy (non-hydrogen) atoms. The fourth-order valence-corrected chi connectivity index (χ4v) is 1.34. The van der Waals surface area contributed by atoms with Crippen LogP contribution in [-0.4, -0.2) is 18.6 Å². The molecule has 0 aliphatic carbocycles. The fourth-order valence-electron chi connectivity index (χ4n) is 1.34. The molecule has 0 aromatic heterocycles. The lowest BCUT2D eigenvalue weighted by Gasteiger charge is -2.24. The van der Waals surface area contributed by atoms with Crippen molar-refractivity contribution < 1.29 is 8.78 Å². The van der Waals surface area contributed by atoms with Gasteiger partial charge in [0.2, 0.25) is 0 Å². The van der Waals surface area contributed by atoms with E-state index in [1.807, 2.05) is 13.8 Å². The van der Waals surface area contributed by atoms with Crippen LogP contribution in [0.1, 0.15) is 19.4 Å². The summed E-state index contributed by atoms with van der Waals surface area (Å²) >= 11 is 0. The van der Waals surface area contributed by atoms with E-state index in [1.54, 1.807) is 0 Å². The first-order chi connectivity index (χ1) is 7.44. The van der Waals surface area contributed by atoms with Crippen molar-refractivity contribution in [2.24, 2.45) is 5.73 Å². The molecule has 4 heteroatoms. The van der Waals surface area contributed by atoms with Gasteiger partial charge in [-0.3, -0.25) is 0 Å². The Hall–Kier alpha value is -1.00. The van der Waals surface area contributed by atoms with Crippen LogP contribution in [-0.2, 0) is 6.42 Å². The second-order valence-corrected chi connectivity index (χ2v) is 4.50. The van der Waals surface area contributed by atoms with Gasteiger partial charge in [-0.15, -0.1) is 0 Å². The molecule has 0 radical (unpaired) electrons. The highest BCUT2D eigenvalue weighted by atomic mass is 19.1. The number of nitrogens with two attached hydrogens (primary N) is 1. The Morgan fingerprint density at radius 3 is 2.62 bits per heavy atom. The van der Waals surface area contributed by atoms with Crippen molar-refractivity contribution in [2.75, 3.05) is 13.1 Å². The Morgan fingerprint density at radius 1 is 1.31 bits per heavy atom. The van der Waals surface area contributed by atoms with Gasteiger partial charge in [0.25, 0.3) is 0 Å². The number of hydrogen-bond acceptors (Lipinski definition) is 2. The predicted octanol–water partition coefficient (Wildman–Crippen LogP) is 1.83. The van der Waals surface area contributed by atoms with E-state index in [0.717, 1.165) is 12.1 Å². The van der Waals surface area contributed by atoms with Crippen LogP contribution in [0, 0.1) is 11.6 Å². The Labute approximate surface area is 94.8 Å². The molecule has 0 atom stereocenters. The van der Waals surface area contributed by atoms with Crippen molar-refractivity contribution in [2.45, 2.75) is 25.8 Å². The molecule has 0 spiro atoms. The molecule has 0 saturated heterocycles. The minimum Gasteiger partial charge on any atom is -0.329 e. The topological polar surface area (TPSA) is 38.0 Å². The van der Waals surface area contributed by atoms with Crippen molar-refractivity contribution >= 4 is 0 Å². The number of halogens is 2. The molecule has 2 nitrogen and oxygen atoms in total. The van der Waals surface area contributed by atoms with Crippen LogP contribution >= 0.6 is 0 Å². The summed E-state index contributed by atoms with van der Waals surface area (Å²) in [7, 11) is 0. The normalized spacial score (nSPS) is 11.8. The van der Waals surface area contributed by atoms with Crippen LogP contribution in [0.5, 0.6) is 0 Å². The summed E-state index contributed by atoms with van der Waals surface area (Å²) in [6.45, 7) is 5.01. The van der Waals surface area contributed by atoms with Crippen LogP contribution in [0.3, 0.4) is 0 Å². The quantitative estimate of drug-likeness (QED) is 0.807. The van der Waals surface area contributed by atoms with Crippen molar-refractivity contribution in [3.8, 4) is 0 Å². The summed E-state index contributed by atoms with van der Waals surface area (Å²) in [5.74, 6) is -0.775. The third-order valence-corrected chi connectivity index (χ3v) is 2.52. The van der Waals surface area contributed by atoms with Gasteiger partial charge in [0.15, 0.2) is 0 Å². The zero-order chi connectivity index (χ0) is 12.2. The van der Waals surface area contributed by atoms with Gasteiger partial charge in [-0.1, -0.05) is 0 Å². The van der Waals surface area contributed by atoms with Gasteiger partial charge in [-0.2, -0.15) is 0 Å². The number of nitrogens with one attached hydrogen (secondary N) is 1. The van der Waals surface area contributed by atoms with Gasteiger partial charge in [0, 0.05) is 12.1 Å². The summed E-state index contributed by atoms with van der Waals surface area (Å²) in [4.78, 5) is 0. The van der Waals surface area contributed by atoms with Crippen LogP contribution in [0.2, 0.25) is 0 Å². The van der Waals surface area contributed by atoms with E-state index in [9.17, 15) is 8.78 Å². The minimum absolute atomic E-state index is 0.177. The average Bonchev–Trinajstić information content (AvgIpc) is 2.23. The molecule has 1 aromatic rings. The van der Waals surface area contributed by atoms with E-state index in [1.165, 1.54) is 6.07 Å². The molecule has 0 aliphatic heterocycles. The summed E-state index contributed by atoms with van der Waals surface area (Å²) in [6.07, 6.45) is 0.451. The summed E-state index contributed by atoms with van der Waals surface area (Å²) < 4.78 is 26.1. The first-order valence-electron chi connectivity index (χ1n) is 5.33. The second kappa shape index (κ2) is 5.37. The average molecular weight is 228 g/mol. The lowest BCUT2D eigenvalue weighted by atomic mass is 10.1. The molecule has 1 aromatic carbocycles. The highest BCUT2D eigenvalue weighted by Gasteiger charge is 2.14. The number of benzene rings is 1. The summed E-state index contributed by atoms with van der Waals surface area (Å²) in [5.41, 5.74) is 5.76. The highest BCUT2D eigenvalue weighted by molar-refractivity contribution is 5.19. The van der Waals surface area contributed by atoms with Gasteiger partial charge in [-0.05, 0) is 50.6 Å².